The highest BCUT2D eigenvalue weighted by molar-refractivity contribution is 5.91. The van der Waals surface area contributed by atoms with Crippen molar-refractivity contribution in [2.24, 2.45) is 0 Å². The van der Waals surface area contributed by atoms with Gasteiger partial charge in [0.2, 0.25) is 5.91 Å². The van der Waals surface area contributed by atoms with E-state index in [4.69, 9.17) is 4.74 Å². The summed E-state index contributed by atoms with van der Waals surface area (Å²) < 4.78 is 4.92. The number of aliphatic hydroxyl groups is 1. The second-order valence-corrected chi connectivity index (χ2v) is 8.94. The third-order valence-electron chi connectivity index (χ3n) is 6.12. The Hall–Kier alpha value is -1.62. The summed E-state index contributed by atoms with van der Waals surface area (Å²) in [6.45, 7) is 4.86. The van der Waals surface area contributed by atoms with Crippen LogP contribution in [0.1, 0.15) is 117 Å². The minimum absolute atomic E-state index is 0.103. The summed E-state index contributed by atoms with van der Waals surface area (Å²) in [5.41, 5.74) is -1.36. The zero-order chi connectivity index (χ0) is 23.5. The molecule has 1 aliphatic heterocycles. The van der Waals surface area contributed by atoms with Crippen molar-refractivity contribution >= 4 is 11.9 Å². The van der Waals surface area contributed by atoms with Crippen molar-refractivity contribution in [3.63, 3.8) is 0 Å². The summed E-state index contributed by atoms with van der Waals surface area (Å²) >= 11 is 0. The monoisotopic (exact) mass is 449 g/mol. The number of carbonyl (C=O) groups is 2. The quantitative estimate of drug-likeness (QED) is 0.132. The molecule has 0 fully saturated rings. The molecule has 0 aromatic carbocycles. The van der Waals surface area contributed by atoms with Crippen molar-refractivity contribution in [3.05, 3.63) is 24.3 Å². The number of amides is 1. The Morgan fingerprint density at radius 3 is 2.09 bits per heavy atom. The average Bonchev–Trinajstić information content (AvgIpc) is 3.06. The minimum Gasteiger partial charge on any atom is -0.466 e. The maximum Gasteiger partial charge on any atom is 0.305 e. The van der Waals surface area contributed by atoms with Crippen molar-refractivity contribution < 1.29 is 19.4 Å². The van der Waals surface area contributed by atoms with Gasteiger partial charge in [-0.15, -0.1) is 0 Å². The fourth-order valence-corrected chi connectivity index (χ4v) is 4.13. The molecule has 0 aromatic rings. The Morgan fingerprint density at radius 1 is 0.938 bits per heavy atom. The summed E-state index contributed by atoms with van der Waals surface area (Å²) in [6.07, 6.45) is 25.2. The summed E-state index contributed by atoms with van der Waals surface area (Å²) in [4.78, 5) is 25.2. The van der Waals surface area contributed by atoms with Gasteiger partial charge in [-0.1, -0.05) is 76.9 Å². The van der Waals surface area contributed by atoms with Crippen LogP contribution in [-0.4, -0.2) is 40.8 Å². The average molecular weight is 450 g/mol. The first kappa shape index (κ1) is 28.4. The van der Waals surface area contributed by atoms with Crippen molar-refractivity contribution in [2.75, 3.05) is 13.2 Å². The second kappa shape index (κ2) is 17.9. The fourth-order valence-electron chi connectivity index (χ4n) is 4.13. The van der Waals surface area contributed by atoms with Crippen LogP contribution >= 0.6 is 0 Å². The van der Waals surface area contributed by atoms with E-state index in [-0.39, 0.29) is 24.7 Å². The lowest BCUT2D eigenvalue weighted by Gasteiger charge is -2.33. The number of hydrogen-bond acceptors (Lipinski definition) is 4. The van der Waals surface area contributed by atoms with Crippen LogP contribution < -0.4 is 0 Å². The van der Waals surface area contributed by atoms with Gasteiger partial charge in [0.25, 0.3) is 0 Å². The van der Waals surface area contributed by atoms with Crippen LogP contribution in [0.15, 0.2) is 24.3 Å². The molecule has 5 heteroatoms. The van der Waals surface area contributed by atoms with Gasteiger partial charge in [0.05, 0.1) is 13.0 Å². The van der Waals surface area contributed by atoms with Gasteiger partial charge >= 0.3 is 5.97 Å². The second-order valence-electron chi connectivity index (χ2n) is 8.94. The SMILES string of the molecule is CCCCCCCC/C=C\CCCCCCCCN1C(=O)C=CC1(O)CCC(=O)OCC. The molecule has 0 saturated carbocycles. The third-order valence-corrected chi connectivity index (χ3v) is 6.12. The van der Waals surface area contributed by atoms with Crippen LogP contribution in [0.2, 0.25) is 0 Å². The van der Waals surface area contributed by atoms with Crippen LogP contribution in [0.25, 0.3) is 0 Å². The number of rotatable bonds is 20. The Labute approximate surface area is 196 Å². The molecule has 0 saturated heterocycles. The Balaban J connectivity index is 2.03. The Bertz CT molecular complexity index is 572. The molecule has 0 radical (unpaired) electrons. The first-order valence-corrected chi connectivity index (χ1v) is 13.1. The summed E-state index contributed by atoms with van der Waals surface area (Å²) in [7, 11) is 0. The summed E-state index contributed by atoms with van der Waals surface area (Å²) in [5.74, 6) is -0.519. The molecule has 1 atom stereocenters. The maximum absolute atomic E-state index is 12.1. The van der Waals surface area contributed by atoms with Gasteiger partial charge in [0.1, 0.15) is 0 Å². The van der Waals surface area contributed by atoms with E-state index in [0.29, 0.717) is 13.2 Å². The molecular weight excluding hydrogens is 402 g/mol. The number of allylic oxidation sites excluding steroid dienone is 2. The maximum atomic E-state index is 12.1. The molecule has 1 rings (SSSR count). The van der Waals surface area contributed by atoms with E-state index >= 15 is 0 Å². The molecule has 0 spiro atoms. The van der Waals surface area contributed by atoms with Crippen molar-refractivity contribution in [1.82, 2.24) is 4.90 Å². The Morgan fingerprint density at radius 2 is 1.50 bits per heavy atom. The lowest BCUT2D eigenvalue weighted by molar-refractivity contribution is -0.151. The highest BCUT2D eigenvalue weighted by Crippen LogP contribution is 2.27. The summed E-state index contributed by atoms with van der Waals surface area (Å²) in [5, 5.41) is 10.8. The van der Waals surface area contributed by atoms with E-state index < -0.39 is 5.72 Å². The van der Waals surface area contributed by atoms with Gasteiger partial charge in [-0.3, -0.25) is 9.59 Å². The molecule has 184 valence electrons. The normalized spacial score (nSPS) is 18.2. The minimum atomic E-state index is -1.36. The molecule has 1 unspecified atom stereocenters. The van der Waals surface area contributed by atoms with E-state index in [1.807, 2.05) is 0 Å². The van der Waals surface area contributed by atoms with Gasteiger partial charge < -0.3 is 14.7 Å². The van der Waals surface area contributed by atoms with Gasteiger partial charge in [0, 0.05) is 19.0 Å². The molecule has 1 amide bonds. The highest BCUT2D eigenvalue weighted by atomic mass is 16.5. The molecule has 0 bridgehead atoms. The first-order chi connectivity index (χ1) is 15.5. The molecule has 1 aliphatic rings. The number of ether oxygens (including phenoxy) is 1. The topological polar surface area (TPSA) is 66.8 Å². The molecule has 5 nitrogen and oxygen atoms in total. The van der Waals surface area contributed by atoms with Crippen molar-refractivity contribution in [2.45, 2.75) is 122 Å². The largest absolute Gasteiger partial charge is 0.466 e. The zero-order valence-electron chi connectivity index (χ0n) is 20.7. The predicted octanol–water partition coefficient (Wildman–Crippen LogP) is 6.45. The Kier molecular flexibility index (Phi) is 15.9. The lowest BCUT2D eigenvalue weighted by atomic mass is 10.1. The molecular formula is C27H47NO4. The molecule has 32 heavy (non-hydrogen) atoms. The van der Waals surface area contributed by atoms with Crippen LogP contribution in [0, 0.1) is 0 Å². The van der Waals surface area contributed by atoms with E-state index in [9.17, 15) is 14.7 Å². The molecule has 1 N–H and O–H groups in total. The van der Waals surface area contributed by atoms with E-state index in [0.717, 1.165) is 19.3 Å². The number of unbranched alkanes of at least 4 members (excludes halogenated alkanes) is 12. The van der Waals surface area contributed by atoms with Gasteiger partial charge in [-0.25, -0.2) is 0 Å². The molecule has 1 heterocycles. The van der Waals surface area contributed by atoms with E-state index in [1.54, 1.807) is 6.92 Å². The van der Waals surface area contributed by atoms with Crippen molar-refractivity contribution in [3.8, 4) is 0 Å². The first-order valence-electron chi connectivity index (χ1n) is 13.1. The van der Waals surface area contributed by atoms with Gasteiger partial charge in [0.15, 0.2) is 5.72 Å². The fraction of sp³-hybridized carbons (Fsp3) is 0.778. The lowest BCUT2D eigenvalue weighted by Crippen LogP contribution is -2.47. The number of carbonyl (C=O) groups excluding carboxylic acids is 2. The predicted molar refractivity (Wildman–Crippen MR) is 131 cm³/mol. The van der Waals surface area contributed by atoms with Crippen LogP contribution in [-0.2, 0) is 14.3 Å². The van der Waals surface area contributed by atoms with E-state index in [1.165, 1.54) is 87.7 Å². The van der Waals surface area contributed by atoms with Crippen LogP contribution in [0.3, 0.4) is 0 Å². The van der Waals surface area contributed by atoms with E-state index in [2.05, 4.69) is 19.1 Å². The number of hydrogen-bond donors (Lipinski definition) is 1. The molecule has 0 aliphatic carbocycles. The zero-order valence-corrected chi connectivity index (χ0v) is 20.7. The standard InChI is InChI=1S/C27H47NO4/c1-3-5-6-7-8-9-10-11-12-13-14-15-16-17-18-19-24-28-25(29)20-22-27(28,31)23-21-26(30)32-4-2/h11-12,20,22,31H,3-10,13-19,21,23-24H2,1-2H3/b12-11-. The third kappa shape index (κ3) is 12.4. The van der Waals surface area contributed by atoms with Gasteiger partial charge in [-0.05, 0) is 45.1 Å². The van der Waals surface area contributed by atoms with Crippen LogP contribution in [0.4, 0.5) is 0 Å². The smallest absolute Gasteiger partial charge is 0.305 e. The van der Waals surface area contributed by atoms with Gasteiger partial charge in [-0.2, -0.15) is 0 Å². The van der Waals surface area contributed by atoms with Crippen LogP contribution in [0.5, 0.6) is 0 Å². The van der Waals surface area contributed by atoms with Crippen molar-refractivity contribution in [1.29, 1.82) is 0 Å². The number of nitrogens with zero attached hydrogens (tertiary/aromatic N) is 1. The highest BCUT2D eigenvalue weighted by Gasteiger charge is 2.39. The summed E-state index contributed by atoms with van der Waals surface area (Å²) in [6, 6.07) is 0. The molecule has 0 aromatic heterocycles. The number of esters is 1.